The van der Waals surface area contributed by atoms with Gasteiger partial charge in [0, 0.05) is 12.7 Å². The third kappa shape index (κ3) is 2.12. The van der Waals surface area contributed by atoms with Crippen molar-refractivity contribution in [2.75, 3.05) is 13.7 Å². The number of aromatic carboxylic acids is 1. The number of carboxylic acids is 1. The van der Waals surface area contributed by atoms with Gasteiger partial charge in [-0.05, 0) is 20.3 Å². The highest BCUT2D eigenvalue weighted by atomic mass is 16.5. The number of ether oxygens (including phenoxy) is 2. The molecule has 2 atom stereocenters. The van der Waals surface area contributed by atoms with Crippen molar-refractivity contribution in [1.82, 2.24) is 4.57 Å². The highest BCUT2D eigenvalue weighted by Crippen LogP contribution is 2.34. The average Bonchev–Trinajstić information content (AvgIpc) is 2.70. The molecule has 2 unspecified atom stereocenters. The second-order valence-electron chi connectivity index (χ2n) is 4.89. The van der Waals surface area contributed by atoms with E-state index < -0.39 is 16.9 Å². The van der Waals surface area contributed by atoms with Gasteiger partial charge in [0.2, 0.25) is 5.43 Å². The summed E-state index contributed by atoms with van der Waals surface area (Å²) in [5.74, 6) is -1.01. The van der Waals surface area contributed by atoms with Crippen molar-refractivity contribution in [2.45, 2.75) is 31.9 Å². The van der Waals surface area contributed by atoms with E-state index in [1.165, 1.54) is 13.3 Å². The quantitative estimate of drug-likeness (QED) is 0.886. The summed E-state index contributed by atoms with van der Waals surface area (Å²) in [5.41, 5.74) is -0.994. The minimum absolute atomic E-state index is 0.0503. The maximum absolute atomic E-state index is 11.7. The smallest absolute Gasteiger partial charge is 0.352 e. The molecule has 1 aliphatic rings. The van der Waals surface area contributed by atoms with Crippen LogP contribution in [0.5, 0.6) is 5.75 Å². The molecular weight excluding hydrogens is 250 g/mol. The lowest BCUT2D eigenvalue weighted by Crippen LogP contribution is -2.40. The van der Waals surface area contributed by atoms with Crippen molar-refractivity contribution in [3.63, 3.8) is 0 Å². The third-order valence-electron chi connectivity index (χ3n) is 3.86. The number of hydrogen-bond donors (Lipinski definition) is 1. The Morgan fingerprint density at radius 2 is 2.32 bits per heavy atom. The van der Waals surface area contributed by atoms with E-state index in [4.69, 9.17) is 9.47 Å². The SMILES string of the molecule is COc1cn(C2(C)CCOC2C)c(C(=O)O)cc1=O. The normalized spacial score (nSPS) is 26.4. The summed E-state index contributed by atoms with van der Waals surface area (Å²) in [6.07, 6.45) is 2.00. The first-order chi connectivity index (χ1) is 8.90. The van der Waals surface area contributed by atoms with Gasteiger partial charge >= 0.3 is 5.97 Å². The fourth-order valence-electron chi connectivity index (χ4n) is 2.40. The van der Waals surface area contributed by atoms with Gasteiger partial charge in [0.15, 0.2) is 5.75 Å². The average molecular weight is 267 g/mol. The van der Waals surface area contributed by atoms with E-state index in [-0.39, 0.29) is 17.5 Å². The van der Waals surface area contributed by atoms with Crippen LogP contribution in [0.2, 0.25) is 0 Å². The molecule has 0 aliphatic carbocycles. The second-order valence-corrected chi connectivity index (χ2v) is 4.89. The van der Waals surface area contributed by atoms with E-state index in [2.05, 4.69) is 0 Å². The van der Waals surface area contributed by atoms with Crippen LogP contribution >= 0.6 is 0 Å². The molecule has 2 heterocycles. The third-order valence-corrected chi connectivity index (χ3v) is 3.86. The number of rotatable bonds is 3. The van der Waals surface area contributed by atoms with Gasteiger partial charge in [-0.3, -0.25) is 4.79 Å². The zero-order valence-electron chi connectivity index (χ0n) is 11.2. The molecule has 1 aromatic rings. The molecule has 1 N–H and O–H groups in total. The summed E-state index contributed by atoms with van der Waals surface area (Å²) in [6.45, 7) is 4.37. The standard InChI is InChI=1S/C13H17NO5/c1-8-13(2,4-5-19-8)14-7-11(18-3)10(15)6-9(14)12(16)17/h6-8H,4-5H2,1-3H3,(H,16,17). The molecule has 1 aromatic heterocycles. The Hall–Kier alpha value is -1.82. The lowest BCUT2D eigenvalue weighted by Gasteiger charge is -2.32. The highest BCUT2D eigenvalue weighted by Gasteiger charge is 2.40. The van der Waals surface area contributed by atoms with Crippen LogP contribution in [-0.2, 0) is 10.3 Å². The van der Waals surface area contributed by atoms with E-state index >= 15 is 0 Å². The largest absolute Gasteiger partial charge is 0.491 e. The van der Waals surface area contributed by atoms with Crippen LogP contribution in [0.15, 0.2) is 17.1 Å². The molecule has 0 spiro atoms. The maximum Gasteiger partial charge on any atom is 0.352 e. The van der Waals surface area contributed by atoms with Gasteiger partial charge in [-0.15, -0.1) is 0 Å². The summed E-state index contributed by atoms with van der Waals surface area (Å²) in [4.78, 5) is 23.0. The summed E-state index contributed by atoms with van der Waals surface area (Å²) in [5, 5.41) is 9.27. The van der Waals surface area contributed by atoms with Gasteiger partial charge in [0.05, 0.1) is 24.9 Å². The summed E-state index contributed by atoms with van der Waals surface area (Å²) >= 11 is 0. The van der Waals surface area contributed by atoms with Gasteiger partial charge < -0.3 is 19.1 Å². The van der Waals surface area contributed by atoms with Crippen LogP contribution in [0, 0.1) is 0 Å². The topological polar surface area (TPSA) is 77.8 Å². The van der Waals surface area contributed by atoms with Crippen molar-refractivity contribution in [2.24, 2.45) is 0 Å². The molecule has 2 rings (SSSR count). The number of hydrogen-bond acceptors (Lipinski definition) is 4. The van der Waals surface area contributed by atoms with Gasteiger partial charge in [0.1, 0.15) is 5.69 Å². The van der Waals surface area contributed by atoms with Crippen molar-refractivity contribution in [3.05, 3.63) is 28.2 Å². The van der Waals surface area contributed by atoms with E-state index in [9.17, 15) is 14.7 Å². The molecule has 0 bridgehead atoms. The Labute approximate surface area is 110 Å². The Morgan fingerprint density at radius 3 is 2.79 bits per heavy atom. The Kier molecular flexibility index (Phi) is 3.36. The minimum Gasteiger partial charge on any atom is -0.491 e. The molecule has 1 saturated heterocycles. The van der Waals surface area contributed by atoms with Crippen LogP contribution in [0.1, 0.15) is 30.8 Å². The first-order valence-corrected chi connectivity index (χ1v) is 6.06. The lowest BCUT2D eigenvalue weighted by atomic mass is 9.93. The summed E-state index contributed by atoms with van der Waals surface area (Å²) < 4.78 is 12.1. The number of carbonyl (C=O) groups is 1. The van der Waals surface area contributed by atoms with Crippen LogP contribution in [0.4, 0.5) is 0 Å². The number of nitrogens with zero attached hydrogens (tertiary/aromatic N) is 1. The van der Waals surface area contributed by atoms with Gasteiger partial charge in [-0.1, -0.05) is 0 Å². The Balaban J connectivity index is 2.67. The number of methoxy groups -OCH3 is 1. The predicted molar refractivity (Wildman–Crippen MR) is 67.9 cm³/mol. The molecule has 19 heavy (non-hydrogen) atoms. The number of pyridine rings is 1. The Bertz CT molecular complexity index is 565. The summed E-state index contributed by atoms with van der Waals surface area (Å²) in [7, 11) is 1.39. The molecule has 6 nitrogen and oxygen atoms in total. The van der Waals surface area contributed by atoms with Gasteiger partial charge in [0.25, 0.3) is 0 Å². The molecule has 1 aliphatic heterocycles. The van der Waals surface area contributed by atoms with E-state index in [1.807, 2.05) is 13.8 Å². The molecule has 0 amide bonds. The van der Waals surface area contributed by atoms with Gasteiger partial charge in [-0.2, -0.15) is 0 Å². The van der Waals surface area contributed by atoms with Gasteiger partial charge in [-0.25, -0.2) is 4.79 Å². The van der Waals surface area contributed by atoms with Crippen molar-refractivity contribution >= 4 is 5.97 Å². The van der Waals surface area contributed by atoms with Crippen LogP contribution in [-0.4, -0.2) is 35.5 Å². The zero-order valence-corrected chi connectivity index (χ0v) is 11.2. The molecule has 6 heteroatoms. The molecule has 0 aromatic carbocycles. The first-order valence-electron chi connectivity index (χ1n) is 6.06. The maximum atomic E-state index is 11.7. The minimum atomic E-state index is -1.14. The molecular formula is C13H17NO5. The number of aromatic nitrogens is 1. The van der Waals surface area contributed by atoms with Crippen LogP contribution in [0.3, 0.4) is 0 Å². The first kappa shape index (κ1) is 13.6. The van der Waals surface area contributed by atoms with Crippen molar-refractivity contribution < 1.29 is 19.4 Å². The van der Waals surface area contributed by atoms with E-state index in [0.717, 1.165) is 6.07 Å². The molecule has 104 valence electrons. The zero-order chi connectivity index (χ0) is 14.2. The van der Waals surface area contributed by atoms with E-state index in [1.54, 1.807) is 4.57 Å². The van der Waals surface area contributed by atoms with Crippen molar-refractivity contribution in [1.29, 1.82) is 0 Å². The van der Waals surface area contributed by atoms with Crippen LogP contribution in [0.25, 0.3) is 0 Å². The second kappa shape index (κ2) is 4.70. The van der Waals surface area contributed by atoms with Crippen LogP contribution < -0.4 is 10.2 Å². The highest BCUT2D eigenvalue weighted by molar-refractivity contribution is 5.85. The predicted octanol–water partition coefficient (Wildman–Crippen LogP) is 1.08. The molecule has 1 fully saturated rings. The van der Waals surface area contributed by atoms with Crippen molar-refractivity contribution in [3.8, 4) is 5.75 Å². The lowest BCUT2D eigenvalue weighted by molar-refractivity contribution is 0.0612. The molecule has 0 saturated carbocycles. The molecule has 0 radical (unpaired) electrons. The Morgan fingerprint density at radius 1 is 1.63 bits per heavy atom. The number of carboxylic acid groups (broad SMARTS) is 1. The summed E-state index contributed by atoms with van der Waals surface area (Å²) in [6, 6.07) is 1.09. The van der Waals surface area contributed by atoms with E-state index in [0.29, 0.717) is 13.0 Å². The monoisotopic (exact) mass is 267 g/mol. The fraction of sp³-hybridized carbons (Fsp3) is 0.538. The fourth-order valence-corrected chi connectivity index (χ4v) is 2.40.